The molecular weight excluding hydrogens is 254 g/mol. The fourth-order valence-electron chi connectivity index (χ4n) is 1.31. The van der Waals surface area contributed by atoms with Crippen LogP contribution in [-0.4, -0.2) is 5.11 Å². The van der Waals surface area contributed by atoms with Crippen molar-refractivity contribution in [2.75, 3.05) is 0 Å². The lowest BCUT2D eigenvalue weighted by Crippen LogP contribution is -1.86. The summed E-state index contributed by atoms with van der Waals surface area (Å²) in [5.41, 5.74) is 0. The second-order valence-corrected chi connectivity index (χ2v) is 3.80. The third-order valence-corrected chi connectivity index (χ3v) is 2.46. The molecule has 0 amide bonds. The van der Waals surface area contributed by atoms with Crippen molar-refractivity contribution in [2.45, 2.75) is 0 Å². The van der Waals surface area contributed by atoms with Crippen LogP contribution in [0.3, 0.4) is 0 Å². The van der Waals surface area contributed by atoms with Gasteiger partial charge in [0.15, 0.2) is 11.6 Å². The zero-order valence-electron chi connectivity index (χ0n) is 6.89. The number of fused-ring (bicyclic) bond motifs is 1. The molecule has 0 atom stereocenters. The van der Waals surface area contributed by atoms with Gasteiger partial charge in [0, 0.05) is 21.3 Å². The Hall–Kier alpha value is -1.16. The van der Waals surface area contributed by atoms with Crippen LogP contribution in [0.15, 0.2) is 28.7 Å². The first-order valence-electron chi connectivity index (χ1n) is 3.86. The second kappa shape index (κ2) is 3.20. The van der Waals surface area contributed by atoms with Gasteiger partial charge in [-0.25, -0.2) is 8.78 Å². The summed E-state index contributed by atoms with van der Waals surface area (Å²) in [7, 11) is 0. The topological polar surface area (TPSA) is 20.2 Å². The number of phenols is 1. The van der Waals surface area contributed by atoms with Crippen LogP contribution in [0.25, 0.3) is 10.8 Å². The van der Waals surface area contributed by atoms with Crippen molar-refractivity contribution in [1.29, 1.82) is 0 Å². The van der Waals surface area contributed by atoms with E-state index in [4.69, 9.17) is 0 Å². The highest BCUT2D eigenvalue weighted by atomic mass is 79.9. The van der Waals surface area contributed by atoms with E-state index in [-0.39, 0.29) is 11.1 Å². The lowest BCUT2D eigenvalue weighted by molar-refractivity contribution is 0.464. The highest BCUT2D eigenvalue weighted by Crippen LogP contribution is 2.30. The van der Waals surface area contributed by atoms with Gasteiger partial charge >= 0.3 is 0 Å². The number of aromatic hydroxyl groups is 1. The summed E-state index contributed by atoms with van der Waals surface area (Å²) in [4.78, 5) is 0. The summed E-state index contributed by atoms with van der Waals surface area (Å²) < 4.78 is 26.8. The third kappa shape index (κ3) is 1.35. The molecule has 1 nitrogen and oxygen atoms in total. The van der Waals surface area contributed by atoms with Gasteiger partial charge in [-0.2, -0.15) is 0 Å². The van der Waals surface area contributed by atoms with Gasteiger partial charge in [0.25, 0.3) is 0 Å². The molecule has 0 radical (unpaired) electrons. The normalized spacial score (nSPS) is 10.8. The molecule has 0 fully saturated rings. The predicted octanol–water partition coefficient (Wildman–Crippen LogP) is 3.59. The minimum Gasteiger partial charge on any atom is -0.507 e. The highest BCUT2D eigenvalue weighted by Gasteiger charge is 2.11. The number of hydrogen-bond acceptors (Lipinski definition) is 1. The molecule has 0 aliphatic rings. The maximum Gasteiger partial charge on any atom is 0.166 e. The molecule has 0 spiro atoms. The molecule has 2 aromatic rings. The SMILES string of the molecule is Oc1cc(F)c(F)c2cc(Br)ccc12. The van der Waals surface area contributed by atoms with Gasteiger partial charge in [0.2, 0.25) is 0 Å². The standard InChI is InChI=1S/C10H5BrF2O/c11-5-1-2-6-7(3-5)10(13)8(12)4-9(6)14/h1-4,14H. The Morgan fingerprint density at radius 3 is 2.50 bits per heavy atom. The molecule has 0 aromatic heterocycles. The number of halogens is 3. The zero-order valence-corrected chi connectivity index (χ0v) is 8.48. The van der Waals surface area contributed by atoms with Crippen molar-refractivity contribution in [3.05, 3.63) is 40.4 Å². The van der Waals surface area contributed by atoms with Gasteiger partial charge in [0.05, 0.1) is 0 Å². The van der Waals surface area contributed by atoms with Gasteiger partial charge in [-0.05, 0) is 18.2 Å². The molecule has 72 valence electrons. The van der Waals surface area contributed by atoms with Gasteiger partial charge in [-0.1, -0.05) is 15.9 Å². The molecule has 2 rings (SSSR count). The van der Waals surface area contributed by atoms with Crippen molar-refractivity contribution >= 4 is 26.7 Å². The Bertz CT molecular complexity index is 511. The first kappa shape index (κ1) is 9.40. The van der Waals surface area contributed by atoms with E-state index in [0.29, 0.717) is 9.86 Å². The molecule has 2 aromatic carbocycles. The summed E-state index contributed by atoms with van der Waals surface area (Å²) >= 11 is 3.14. The summed E-state index contributed by atoms with van der Waals surface area (Å²) in [6.07, 6.45) is 0. The lowest BCUT2D eigenvalue weighted by Gasteiger charge is -2.03. The van der Waals surface area contributed by atoms with E-state index < -0.39 is 11.6 Å². The summed E-state index contributed by atoms with van der Waals surface area (Å²) in [5, 5.41) is 9.71. The zero-order chi connectivity index (χ0) is 10.3. The predicted molar refractivity (Wildman–Crippen MR) is 53.2 cm³/mol. The molecule has 0 heterocycles. The van der Waals surface area contributed by atoms with Crippen molar-refractivity contribution in [1.82, 2.24) is 0 Å². The molecule has 0 unspecified atom stereocenters. The van der Waals surface area contributed by atoms with Crippen LogP contribution in [0.2, 0.25) is 0 Å². The van der Waals surface area contributed by atoms with Gasteiger partial charge < -0.3 is 5.11 Å². The first-order valence-corrected chi connectivity index (χ1v) is 4.65. The second-order valence-electron chi connectivity index (χ2n) is 2.88. The molecule has 0 saturated carbocycles. The maximum absolute atomic E-state index is 13.3. The first-order chi connectivity index (χ1) is 6.59. The fraction of sp³-hybridized carbons (Fsp3) is 0. The third-order valence-electron chi connectivity index (χ3n) is 1.97. The number of hydrogen-bond donors (Lipinski definition) is 1. The molecule has 14 heavy (non-hydrogen) atoms. The molecule has 1 N–H and O–H groups in total. The number of phenolic OH excluding ortho intramolecular Hbond substituents is 1. The average Bonchev–Trinajstić information content (AvgIpc) is 2.14. The van der Waals surface area contributed by atoms with E-state index in [0.717, 1.165) is 6.07 Å². The van der Waals surface area contributed by atoms with Crippen LogP contribution in [0, 0.1) is 11.6 Å². The molecule has 4 heteroatoms. The Labute approximate surface area is 87.1 Å². The minimum absolute atomic E-state index is 0.0666. The van der Waals surface area contributed by atoms with Crippen LogP contribution in [-0.2, 0) is 0 Å². The molecule has 0 aliphatic carbocycles. The van der Waals surface area contributed by atoms with Gasteiger partial charge in [-0.15, -0.1) is 0 Å². The largest absolute Gasteiger partial charge is 0.507 e. The van der Waals surface area contributed by atoms with Crippen LogP contribution < -0.4 is 0 Å². The van der Waals surface area contributed by atoms with E-state index in [1.54, 1.807) is 6.07 Å². The van der Waals surface area contributed by atoms with Crippen LogP contribution in [0.5, 0.6) is 5.75 Å². The van der Waals surface area contributed by atoms with E-state index in [1.165, 1.54) is 12.1 Å². The van der Waals surface area contributed by atoms with Gasteiger partial charge in [-0.3, -0.25) is 0 Å². The Balaban J connectivity index is 2.95. The molecular formula is C10H5BrF2O. The Morgan fingerprint density at radius 2 is 1.79 bits per heavy atom. The molecule has 0 aliphatic heterocycles. The van der Waals surface area contributed by atoms with Crippen LogP contribution in [0.4, 0.5) is 8.78 Å². The number of benzene rings is 2. The molecule has 0 bridgehead atoms. The fourth-order valence-corrected chi connectivity index (χ4v) is 1.67. The summed E-state index contributed by atoms with van der Waals surface area (Å²) in [6, 6.07) is 5.37. The van der Waals surface area contributed by atoms with Crippen molar-refractivity contribution in [3.63, 3.8) is 0 Å². The van der Waals surface area contributed by atoms with Crippen molar-refractivity contribution < 1.29 is 13.9 Å². The Morgan fingerprint density at radius 1 is 1.07 bits per heavy atom. The van der Waals surface area contributed by atoms with Crippen LogP contribution >= 0.6 is 15.9 Å². The Kier molecular flexibility index (Phi) is 2.15. The molecule has 0 saturated heterocycles. The average molecular weight is 259 g/mol. The number of rotatable bonds is 0. The summed E-state index contributed by atoms with van der Waals surface area (Å²) in [5.74, 6) is -2.25. The van der Waals surface area contributed by atoms with Crippen LogP contribution in [0.1, 0.15) is 0 Å². The monoisotopic (exact) mass is 258 g/mol. The van der Waals surface area contributed by atoms with E-state index in [9.17, 15) is 13.9 Å². The van der Waals surface area contributed by atoms with E-state index >= 15 is 0 Å². The summed E-state index contributed by atoms with van der Waals surface area (Å²) in [6.45, 7) is 0. The lowest BCUT2D eigenvalue weighted by atomic mass is 10.1. The van der Waals surface area contributed by atoms with E-state index in [2.05, 4.69) is 15.9 Å². The van der Waals surface area contributed by atoms with E-state index in [1.807, 2.05) is 0 Å². The van der Waals surface area contributed by atoms with Gasteiger partial charge in [0.1, 0.15) is 5.75 Å². The van der Waals surface area contributed by atoms with Crippen molar-refractivity contribution in [2.24, 2.45) is 0 Å². The minimum atomic E-state index is -1.05. The smallest absolute Gasteiger partial charge is 0.166 e. The maximum atomic E-state index is 13.3. The highest BCUT2D eigenvalue weighted by molar-refractivity contribution is 9.10. The quantitative estimate of drug-likeness (QED) is 0.766. The van der Waals surface area contributed by atoms with Crippen molar-refractivity contribution in [3.8, 4) is 5.75 Å².